The van der Waals surface area contributed by atoms with Gasteiger partial charge >= 0.3 is 0 Å². The summed E-state index contributed by atoms with van der Waals surface area (Å²) in [7, 11) is 0. The molecule has 1 unspecified atom stereocenters. The van der Waals surface area contributed by atoms with Crippen molar-refractivity contribution >= 4 is 17.3 Å². The second-order valence-corrected chi connectivity index (χ2v) is 5.22. The molecule has 3 heteroatoms. The molecule has 0 radical (unpaired) electrons. The Hall–Kier alpha value is -0.730. The molecule has 0 aliphatic carbocycles. The minimum atomic E-state index is 0.469. The molecule has 1 heterocycles. The van der Waals surface area contributed by atoms with Crippen LogP contribution in [0.5, 0.6) is 0 Å². The van der Waals surface area contributed by atoms with Gasteiger partial charge in [0.1, 0.15) is 0 Å². The van der Waals surface area contributed by atoms with Crippen molar-refractivity contribution in [2.24, 2.45) is 0 Å². The topological polar surface area (TPSA) is 21.3 Å². The van der Waals surface area contributed by atoms with Crippen molar-refractivity contribution in [3.8, 4) is 0 Å². The summed E-state index contributed by atoms with van der Waals surface area (Å²) in [5.41, 5.74) is 2.57. The van der Waals surface area contributed by atoms with Gasteiger partial charge in [-0.3, -0.25) is 0 Å². The summed E-state index contributed by atoms with van der Waals surface area (Å²) < 4.78 is 5.61. The van der Waals surface area contributed by atoms with Gasteiger partial charge < -0.3 is 10.1 Å². The molecule has 100 valence electrons. The zero-order valence-corrected chi connectivity index (χ0v) is 11.6. The predicted molar refractivity (Wildman–Crippen MR) is 77.6 cm³/mol. The number of halogens is 1. The van der Waals surface area contributed by atoms with Crippen LogP contribution in [0.3, 0.4) is 0 Å². The van der Waals surface area contributed by atoms with E-state index in [2.05, 4.69) is 29.6 Å². The summed E-state index contributed by atoms with van der Waals surface area (Å²) in [6.07, 6.45) is 6.12. The van der Waals surface area contributed by atoms with Crippen LogP contribution < -0.4 is 5.32 Å². The molecule has 1 aliphatic heterocycles. The summed E-state index contributed by atoms with van der Waals surface area (Å²) in [5, 5.41) is 3.48. The number of rotatable bonds is 7. The number of benzene rings is 1. The molecular formula is C15H22ClNO. The van der Waals surface area contributed by atoms with Gasteiger partial charge in [-0.05, 0) is 49.8 Å². The van der Waals surface area contributed by atoms with Crippen molar-refractivity contribution < 1.29 is 4.74 Å². The Kier molecular flexibility index (Phi) is 5.82. The Bertz CT molecular complexity index is 350. The molecule has 2 nitrogen and oxygen atoms in total. The van der Waals surface area contributed by atoms with Crippen LogP contribution in [0.2, 0.25) is 0 Å². The molecular weight excluding hydrogens is 246 g/mol. The normalized spacial score (nSPS) is 19.1. The Morgan fingerprint density at radius 2 is 2.33 bits per heavy atom. The third-order valence-corrected chi connectivity index (χ3v) is 3.61. The Morgan fingerprint density at radius 1 is 1.39 bits per heavy atom. The number of anilines is 1. The lowest BCUT2D eigenvalue weighted by Crippen LogP contribution is -2.12. The number of alkyl halides is 1. The fourth-order valence-electron chi connectivity index (χ4n) is 2.36. The van der Waals surface area contributed by atoms with E-state index in [-0.39, 0.29) is 0 Å². The highest BCUT2D eigenvalue weighted by Gasteiger charge is 2.14. The maximum absolute atomic E-state index is 5.72. The minimum absolute atomic E-state index is 0.469. The lowest BCUT2D eigenvalue weighted by atomic mass is 10.1. The molecule has 1 fully saturated rings. The van der Waals surface area contributed by atoms with Crippen LogP contribution in [0.1, 0.15) is 31.2 Å². The third-order valence-electron chi connectivity index (χ3n) is 3.35. The van der Waals surface area contributed by atoms with Gasteiger partial charge in [0, 0.05) is 24.7 Å². The van der Waals surface area contributed by atoms with Crippen LogP contribution in [-0.2, 0) is 11.2 Å². The van der Waals surface area contributed by atoms with E-state index in [0.717, 1.165) is 38.3 Å². The minimum Gasteiger partial charge on any atom is -0.385 e. The second kappa shape index (κ2) is 7.65. The predicted octanol–water partition coefficient (Wildman–Crippen LogP) is 3.84. The number of aryl methyl sites for hydroxylation is 1. The number of ether oxygens (including phenoxy) is 1. The molecule has 2 rings (SSSR count). The first kappa shape index (κ1) is 13.7. The van der Waals surface area contributed by atoms with Crippen LogP contribution in [0.4, 0.5) is 5.69 Å². The quantitative estimate of drug-likeness (QED) is 0.758. The molecule has 0 spiro atoms. The molecule has 0 amide bonds. The number of nitrogens with one attached hydrogen (secondary N) is 1. The highest BCUT2D eigenvalue weighted by atomic mass is 35.5. The smallest absolute Gasteiger partial charge is 0.0592 e. The molecule has 0 aromatic heterocycles. The lowest BCUT2D eigenvalue weighted by molar-refractivity contribution is 0.107. The average molecular weight is 268 g/mol. The molecule has 0 saturated carbocycles. The van der Waals surface area contributed by atoms with Gasteiger partial charge in [0.05, 0.1) is 6.10 Å². The van der Waals surface area contributed by atoms with Crippen molar-refractivity contribution in [3.05, 3.63) is 29.8 Å². The first-order valence-corrected chi connectivity index (χ1v) is 7.42. The highest BCUT2D eigenvalue weighted by molar-refractivity contribution is 6.17. The maximum Gasteiger partial charge on any atom is 0.0592 e. The van der Waals surface area contributed by atoms with Crippen molar-refractivity contribution in [2.75, 3.05) is 24.3 Å². The van der Waals surface area contributed by atoms with Gasteiger partial charge in [-0.25, -0.2) is 0 Å². The van der Waals surface area contributed by atoms with E-state index in [9.17, 15) is 0 Å². The second-order valence-electron chi connectivity index (χ2n) is 4.84. The van der Waals surface area contributed by atoms with Crippen LogP contribution in [0.25, 0.3) is 0 Å². The first-order chi connectivity index (χ1) is 8.88. The van der Waals surface area contributed by atoms with E-state index in [1.54, 1.807) is 0 Å². The monoisotopic (exact) mass is 267 g/mol. The SMILES string of the molecule is ClCCCc1cccc(NCCC2CCCO2)c1. The summed E-state index contributed by atoms with van der Waals surface area (Å²) >= 11 is 5.72. The number of hydrogen-bond donors (Lipinski definition) is 1. The van der Waals surface area contributed by atoms with Crippen LogP contribution >= 0.6 is 11.6 Å². The summed E-state index contributed by atoms with van der Waals surface area (Å²) in [6, 6.07) is 8.62. The first-order valence-electron chi connectivity index (χ1n) is 6.89. The van der Waals surface area contributed by atoms with Crippen LogP contribution in [-0.4, -0.2) is 25.1 Å². The van der Waals surface area contributed by atoms with Gasteiger partial charge in [-0.15, -0.1) is 11.6 Å². The maximum atomic E-state index is 5.72. The average Bonchev–Trinajstić information content (AvgIpc) is 2.90. The zero-order valence-electron chi connectivity index (χ0n) is 10.8. The van der Waals surface area contributed by atoms with Gasteiger partial charge in [0.15, 0.2) is 0 Å². The standard InChI is InChI=1S/C15H22ClNO/c16-9-2-5-13-4-1-6-14(12-13)17-10-8-15-7-3-11-18-15/h1,4,6,12,15,17H,2-3,5,7-11H2. The molecule has 1 N–H and O–H groups in total. The van der Waals surface area contributed by atoms with Gasteiger partial charge in [-0.1, -0.05) is 12.1 Å². The fourth-order valence-corrected chi connectivity index (χ4v) is 2.49. The van der Waals surface area contributed by atoms with E-state index in [1.165, 1.54) is 24.1 Å². The molecule has 1 aliphatic rings. The third kappa shape index (κ3) is 4.51. The van der Waals surface area contributed by atoms with E-state index in [1.807, 2.05) is 0 Å². The lowest BCUT2D eigenvalue weighted by Gasteiger charge is -2.11. The molecule has 1 saturated heterocycles. The largest absolute Gasteiger partial charge is 0.385 e. The fraction of sp³-hybridized carbons (Fsp3) is 0.600. The molecule has 1 aromatic rings. The van der Waals surface area contributed by atoms with Crippen LogP contribution in [0, 0.1) is 0 Å². The van der Waals surface area contributed by atoms with Gasteiger partial charge in [-0.2, -0.15) is 0 Å². The van der Waals surface area contributed by atoms with Crippen molar-refractivity contribution in [2.45, 2.75) is 38.2 Å². The van der Waals surface area contributed by atoms with Gasteiger partial charge in [0.2, 0.25) is 0 Å². The van der Waals surface area contributed by atoms with E-state index in [4.69, 9.17) is 16.3 Å². The molecule has 18 heavy (non-hydrogen) atoms. The Labute approximate surface area is 115 Å². The summed E-state index contributed by atoms with van der Waals surface area (Å²) in [4.78, 5) is 0. The molecule has 1 aromatic carbocycles. The Morgan fingerprint density at radius 3 is 3.11 bits per heavy atom. The number of hydrogen-bond acceptors (Lipinski definition) is 2. The Balaban J connectivity index is 1.74. The summed E-state index contributed by atoms with van der Waals surface area (Å²) in [6.45, 7) is 1.93. The van der Waals surface area contributed by atoms with Crippen molar-refractivity contribution in [1.29, 1.82) is 0 Å². The van der Waals surface area contributed by atoms with E-state index in [0.29, 0.717) is 6.10 Å². The molecule has 1 atom stereocenters. The van der Waals surface area contributed by atoms with E-state index < -0.39 is 0 Å². The zero-order chi connectivity index (χ0) is 12.6. The summed E-state index contributed by atoms with van der Waals surface area (Å²) in [5.74, 6) is 0.733. The van der Waals surface area contributed by atoms with Gasteiger partial charge in [0.25, 0.3) is 0 Å². The van der Waals surface area contributed by atoms with Crippen LogP contribution in [0.15, 0.2) is 24.3 Å². The van der Waals surface area contributed by atoms with Crippen molar-refractivity contribution in [1.82, 2.24) is 0 Å². The van der Waals surface area contributed by atoms with E-state index >= 15 is 0 Å². The van der Waals surface area contributed by atoms with Crippen molar-refractivity contribution in [3.63, 3.8) is 0 Å². The molecule has 0 bridgehead atoms. The highest BCUT2D eigenvalue weighted by Crippen LogP contribution is 2.16.